The zero-order valence-electron chi connectivity index (χ0n) is 25.8. The summed E-state index contributed by atoms with van der Waals surface area (Å²) in [5, 5.41) is 4.06. The van der Waals surface area contributed by atoms with Gasteiger partial charge in [-0.25, -0.2) is 4.79 Å². The van der Waals surface area contributed by atoms with Crippen molar-refractivity contribution in [3.63, 3.8) is 0 Å². The lowest BCUT2D eigenvalue weighted by molar-refractivity contribution is -0.114. The van der Waals surface area contributed by atoms with Gasteiger partial charge in [0.1, 0.15) is 5.69 Å². The second kappa shape index (κ2) is 12.0. The highest BCUT2D eigenvalue weighted by molar-refractivity contribution is 6.01. The van der Waals surface area contributed by atoms with Gasteiger partial charge in [0.25, 0.3) is 0 Å². The first kappa shape index (κ1) is 29.2. The predicted octanol–water partition coefficient (Wildman–Crippen LogP) is 7.77. The number of fused-ring (bicyclic) bond motifs is 2. The van der Waals surface area contributed by atoms with E-state index < -0.39 is 11.6 Å². The first-order chi connectivity index (χ1) is 21.4. The molecule has 1 unspecified atom stereocenters. The molecule has 3 heterocycles. The van der Waals surface area contributed by atoms with Crippen LogP contribution in [-0.2, 0) is 21.7 Å². The zero-order valence-corrected chi connectivity index (χ0v) is 25.8. The Bertz CT molecular complexity index is 1840. The fraction of sp³-hybridized carbons (Fsp3) is 0.270. The van der Waals surface area contributed by atoms with Crippen LogP contribution in [0.25, 0.3) is 22.2 Å². The summed E-state index contributed by atoms with van der Waals surface area (Å²) in [7, 11) is 0. The Morgan fingerprint density at radius 1 is 0.932 bits per heavy atom. The van der Waals surface area contributed by atoms with E-state index in [4.69, 9.17) is 9.72 Å². The van der Waals surface area contributed by atoms with Gasteiger partial charge >= 0.3 is 5.97 Å². The molecule has 0 fully saturated rings. The number of amides is 1. The number of hydrogen-bond acceptors (Lipinski definition) is 5. The molecule has 224 valence electrons. The Labute approximate surface area is 258 Å². The number of nitrogens with zero attached hydrogens (tertiary/aromatic N) is 3. The molecule has 1 atom stereocenters. The molecule has 1 N–H and O–H groups in total. The van der Waals surface area contributed by atoms with E-state index >= 15 is 0 Å². The van der Waals surface area contributed by atoms with Crippen molar-refractivity contribution < 1.29 is 14.3 Å². The summed E-state index contributed by atoms with van der Waals surface area (Å²) in [6, 6.07) is 28.0. The number of hydrogen-bond donors (Lipinski definition) is 1. The molecule has 5 aromatic rings. The number of aromatic nitrogens is 2. The van der Waals surface area contributed by atoms with Gasteiger partial charge in [0.15, 0.2) is 0 Å². The van der Waals surface area contributed by atoms with Gasteiger partial charge in [0.2, 0.25) is 11.5 Å². The lowest BCUT2D eigenvalue weighted by Crippen LogP contribution is -2.33. The Morgan fingerprint density at radius 3 is 2.36 bits per heavy atom. The maximum Gasteiger partial charge on any atom is 0.341 e. The molecule has 7 nitrogen and oxygen atoms in total. The zero-order chi connectivity index (χ0) is 30.8. The smallest absolute Gasteiger partial charge is 0.341 e. The highest BCUT2D eigenvalue weighted by Gasteiger charge is 2.54. The third-order valence-corrected chi connectivity index (χ3v) is 8.34. The van der Waals surface area contributed by atoms with Crippen LogP contribution in [0.15, 0.2) is 91.1 Å². The summed E-state index contributed by atoms with van der Waals surface area (Å²) < 4.78 is 8.93. The molecular weight excluding hydrogens is 548 g/mol. The molecule has 7 heteroatoms. The molecule has 44 heavy (non-hydrogen) atoms. The Hall–Kier alpha value is -4.91. The molecule has 0 radical (unpaired) electrons. The molecule has 0 aliphatic carbocycles. The van der Waals surface area contributed by atoms with Crippen molar-refractivity contribution in [2.75, 3.05) is 23.3 Å². The van der Waals surface area contributed by atoms with Gasteiger partial charge in [-0.3, -0.25) is 9.78 Å². The second-order valence-electron chi connectivity index (χ2n) is 11.2. The Kier molecular flexibility index (Phi) is 7.95. The highest BCUT2D eigenvalue weighted by Crippen LogP contribution is 2.54. The molecule has 0 saturated carbocycles. The van der Waals surface area contributed by atoms with E-state index in [1.165, 1.54) is 6.92 Å². The van der Waals surface area contributed by atoms with Crippen LogP contribution in [0.3, 0.4) is 0 Å². The quantitative estimate of drug-likeness (QED) is 0.169. The van der Waals surface area contributed by atoms with Crippen LogP contribution in [-0.4, -0.2) is 34.5 Å². The molecule has 0 saturated heterocycles. The summed E-state index contributed by atoms with van der Waals surface area (Å²) in [6.45, 7) is 10.4. The average molecular weight is 587 g/mol. The number of anilines is 2. The number of carbonyl (C=O) groups excluding carboxylic acids is 2. The van der Waals surface area contributed by atoms with E-state index in [1.807, 2.05) is 42.5 Å². The number of para-hydroxylation sites is 1. The van der Waals surface area contributed by atoms with Crippen molar-refractivity contribution in [3.05, 3.63) is 114 Å². The van der Waals surface area contributed by atoms with Crippen molar-refractivity contribution in [2.45, 2.75) is 52.7 Å². The first-order valence-corrected chi connectivity index (χ1v) is 15.5. The van der Waals surface area contributed by atoms with Crippen molar-refractivity contribution >= 4 is 34.2 Å². The molecule has 0 spiro atoms. The van der Waals surface area contributed by atoms with Crippen LogP contribution >= 0.6 is 0 Å². The summed E-state index contributed by atoms with van der Waals surface area (Å²) >= 11 is 0. The third-order valence-electron chi connectivity index (χ3n) is 8.34. The minimum atomic E-state index is -1.43. The van der Waals surface area contributed by atoms with E-state index in [1.54, 1.807) is 18.3 Å². The lowest BCUT2D eigenvalue weighted by atomic mass is 9.79. The number of cyclic esters (lactones) is 1. The predicted molar refractivity (Wildman–Crippen MR) is 176 cm³/mol. The van der Waals surface area contributed by atoms with Crippen LogP contribution in [0.4, 0.5) is 11.4 Å². The summed E-state index contributed by atoms with van der Waals surface area (Å²) in [4.78, 5) is 33.7. The van der Waals surface area contributed by atoms with Gasteiger partial charge in [-0.15, -0.1) is 0 Å². The number of nitrogens with one attached hydrogen (secondary N) is 1. The maximum atomic E-state index is 13.8. The monoisotopic (exact) mass is 586 g/mol. The third kappa shape index (κ3) is 4.73. The maximum absolute atomic E-state index is 13.8. The number of ether oxygens (including phenoxy) is 1. The van der Waals surface area contributed by atoms with Crippen LogP contribution in [0.2, 0.25) is 0 Å². The van der Waals surface area contributed by atoms with Crippen LogP contribution in [0.5, 0.6) is 0 Å². The molecule has 1 aliphatic rings. The fourth-order valence-corrected chi connectivity index (χ4v) is 6.70. The molecule has 3 aromatic carbocycles. The molecular formula is C37H38N4O3. The van der Waals surface area contributed by atoms with Crippen molar-refractivity contribution in [2.24, 2.45) is 0 Å². The van der Waals surface area contributed by atoms with Crippen LogP contribution in [0, 0.1) is 0 Å². The van der Waals surface area contributed by atoms with Gasteiger partial charge in [0, 0.05) is 60.5 Å². The summed E-state index contributed by atoms with van der Waals surface area (Å²) in [6.07, 6.45) is 3.69. The van der Waals surface area contributed by atoms with Gasteiger partial charge in [-0.05, 0) is 55.7 Å². The lowest BCUT2D eigenvalue weighted by Gasteiger charge is -2.33. The van der Waals surface area contributed by atoms with E-state index in [0.29, 0.717) is 29.1 Å². The van der Waals surface area contributed by atoms with Gasteiger partial charge in [-0.2, -0.15) is 0 Å². The minimum absolute atomic E-state index is 0.207. The van der Waals surface area contributed by atoms with Crippen molar-refractivity contribution in [1.29, 1.82) is 0 Å². The standard InChI is InChI=1S/C37H38N4O3/c1-5-22-40(23-6-2)27-19-20-30(31(24-27)39-25(4)42)37(35-29(36(43)44-37)17-13-21-38-35)33-28-16-11-12-18-32(28)41(7-3)34(33)26-14-9-8-10-15-26/h8-21,24H,5-7,22-23H2,1-4H3,(H,39,42). The summed E-state index contributed by atoms with van der Waals surface area (Å²) in [5.74, 6) is -0.655. The minimum Gasteiger partial charge on any atom is -0.439 e. The first-order valence-electron chi connectivity index (χ1n) is 15.5. The number of carbonyl (C=O) groups is 2. The molecule has 1 amide bonds. The second-order valence-corrected chi connectivity index (χ2v) is 11.2. The Balaban J connectivity index is 1.76. The number of benzene rings is 3. The molecule has 0 bridgehead atoms. The van der Waals surface area contributed by atoms with Gasteiger partial charge < -0.3 is 19.5 Å². The van der Waals surface area contributed by atoms with Crippen molar-refractivity contribution in [1.82, 2.24) is 9.55 Å². The molecule has 1 aliphatic heterocycles. The topological polar surface area (TPSA) is 76.5 Å². The van der Waals surface area contributed by atoms with Gasteiger partial charge in [-0.1, -0.05) is 68.4 Å². The molecule has 6 rings (SSSR count). The van der Waals surface area contributed by atoms with Crippen LogP contribution in [0.1, 0.15) is 67.7 Å². The van der Waals surface area contributed by atoms with Crippen LogP contribution < -0.4 is 10.2 Å². The largest absolute Gasteiger partial charge is 0.439 e. The highest BCUT2D eigenvalue weighted by atomic mass is 16.6. The normalized spacial score (nSPS) is 15.7. The molecule has 2 aromatic heterocycles. The number of aryl methyl sites for hydroxylation is 1. The summed E-state index contributed by atoms with van der Waals surface area (Å²) in [5.41, 5.74) is 5.53. The van der Waals surface area contributed by atoms with E-state index in [0.717, 1.165) is 59.3 Å². The van der Waals surface area contributed by atoms with Gasteiger partial charge in [0.05, 0.1) is 16.9 Å². The number of esters is 1. The number of pyridine rings is 1. The van der Waals surface area contributed by atoms with E-state index in [-0.39, 0.29) is 5.91 Å². The average Bonchev–Trinajstić information content (AvgIpc) is 3.53. The number of rotatable bonds is 10. The fourth-order valence-electron chi connectivity index (χ4n) is 6.70. The SMILES string of the molecule is CCCN(CCC)c1ccc(C2(c3c(-c4ccccc4)n(CC)c4ccccc34)OC(=O)c3cccnc32)c(NC(C)=O)c1. The van der Waals surface area contributed by atoms with Crippen molar-refractivity contribution in [3.8, 4) is 11.3 Å². The van der Waals surface area contributed by atoms with E-state index in [2.05, 4.69) is 65.9 Å². The van der Waals surface area contributed by atoms with E-state index in [9.17, 15) is 9.59 Å². The Morgan fingerprint density at radius 2 is 1.66 bits per heavy atom.